The summed E-state index contributed by atoms with van der Waals surface area (Å²) in [5.74, 6) is 1.94. The largest absolute Gasteiger partial charge is 0.357 e. The second-order valence-corrected chi connectivity index (χ2v) is 5.26. The van der Waals surface area contributed by atoms with E-state index in [0.717, 1.165) is 24.8 Å². The van der Waals surface area contributed by atoms with E-state index in [1.54, 1.807) is 0 Å². The summed E-state index contributed by atoms with van der Waals surface area (Å²) in [4.78, 5) is 6.88. The van der Waals surface area contributed by atoms with Crippen LogP contribution in [0.2, 0.25) is 0 Å². The quantitative estimate of drug-likeness (QED) is 0.854. The van der Waals surface area contributed by atoms with Gasteiger partial charge >= 0.3 is 0 Å². The minimum Gasteiger partial charge on any atom is -0.357 e. The van der Waals surface area contributed by atoms with Gasteiger partial charge in [0.2, 0.25) is 0 Å². The van der Waals surface area contributed by atoms with Gasteiger partial charge in [-0.25, -0.2) is 4.98 Å². The van der Waals surface area contributed by atoms with Gasteiger partial charge in [-0.2, -0.15) is 0 Å². The molecule has 1 aromatic heterocycles. The molecular weight excluding hydrogens is 210 g/mol. The van der Waals surface area contributed by atoms with Crippen molar-refractivity contribution >= 4 is 5.82 Å². The van der Waals surface area contributed by atoms with Gasteiger partial charge < -0.3 is 10.6 Å². The van der Waals surface area contributed by atoms with E-state index in [4.69, 9.17) is 5.73 Å². The Morgan fingerprint density at radius 2 is 2.24 bits per heavy atom. The molecule has 0 spiro atoms. The Balaban J connectivity index is 2.13. The maximum Gasteiger partial charge on any atom is 0.128 e. The van der Waals surface area contributed by atoms with Crippen LogP contribution in [0.15, 0.2) is 18.3 Å². The second kappa shape index (κ2) is 5.50. The van der Waals surface area contributed by atoms with Crippen molar-refractivity contribution in [2.75, 3.05) is 18.0 Å². The molecule has 1 aromatic rings. The molecule has 0 saturated carbocycles. The standard InChI is InChI=1S/C14H23N3/c1-11-4-3-8-17(9-6-11)14-10-13(12(2)15)5-7-16-14/h5,7,10-12H,3-4,6,8-9,15H2,1-2H3. The normalized spacial score (nSPS) is 23.2. The second-order valence-electron chi connectivity index (χ2n) is 5.26. The smallest absolute Gasteiger partial charge is 0.128 e. The van der Waals surface area contributed by atoms with Gasteiger partial charge in [0, 0.05) is 25.3 Å². The molecule has 17 heavy (non-hydrogen) atoms. The first-order valence-electron chi connectivity index (χ1n) is 6.63. The molecule has 94 valence electrons. The number of nitrogens with zero attached hydrogens (tertiary/aromatic N) is 2. The van der Waals surface area contributed by atoms with Crippen molar-refractivity contribution in [3.8, 4) is 0 Å². The van der Waals surface area contributed by atoms with Crippen LogP contribution in [0.3, 0.4) is 0 Å². The summed E-state index contributed by atoms with van der Waals surface area (Å²) in [6, 6.07) is 4.23. The van der Waals surface area contributed by atoms with Gasteiger partial charge in [-0.1, -0.05) is 6.92 Å². The molecule has 0 aliphatic carbocycles. The van der Waals surface area contributed by atoms with Gasteiger partial charge in [0.1, 0.15) is 5.82 Å². The first kappa shape index (κ1) is 12.4. The monoisotopic (exact) mass is 233 g/mol. The van der Waals surface area contributed by atoms with E-state index in [1.807, 2.05) is 19.2 Å². The first-order chi connectivity index (χ1) is 8.16. The fraction of sp³-hybridized carbons (Fsp3) is 0.643. The van der Waals surface area contributed by atoms with Crippen molar-refractivity contribution in [1.82, 2.24) is 4.98 Å². The van der Waals surface area contributed by atoms with Gasteiger partial charge in [-0.3, -0.25) is 0 Å². The summed E-state index contributed by atoms with van der Waals surface area (Å²) in [6.07, 6.45) is 5.75. The highest BCUT2D eigenvalue weighted by molar-refractivity contribution is 5.41. The third-order valence-corrected chi connectivity index (χ3v) is 3.64. The molecule has 2 N–H and O–H groups in total. The zero-order valence-electron chi connectivity index (χ0n) is 10.9. The van der Waals surface area contributed by atoms with Crippen molar-refractivity contribution < 1.29 is 0 Å². The van der Waals surface area contributed by atoms with E-state index in [1.165, 1.54) is 24.8 Å². The van der Waals surface area contributed by atoms with Crippen LogP contribution in [0.4, 0.5) is 5.82 Å². The minimum absolute atomic E-state index is 0.0858. The van der Waals surface area contributed by atoms with Crippen LogP contribution in [-0.2, 0) is 0 Å². The number of pyridine rings is 1. The summed E-state index contributed by atoms with van der Waals surface area (Å²) in [6.45, 7) is 6.61. The predicted molar refractivity (Wildman–Crippen MR) is 72.1 cm³/mol. The van der Waals surface area contributed by atoms with Crippen molar-refractivity contribution in [1.29, 1.82) is 0 Å². The van der Waals surface area contributed by atoms with Gasteiger partial charge in [0.15, 0.2) is 0 Å². The molecule has 1 saturated heterocycles. The Kier molecular flexibility index (Phi) is 4.00. The molecule has 1 aliphatic rings. The van der Waals surface area contributed by atoms with Gasteiger partial charge in [-0.15, -0.1) is 0 Å². The molecule has 0 aromatic carbocycles. The lowest BCUT2D eigenvalue weighted by Gasteiger charge is -2.22. The third kappa shape index (κ3) is 3.19. The van der Waals surface area contributed by atoms with E-state index >= 15 is 0 Å². The van der Waals surface area contributed by atoms with Crippen LogP contribution in [0.25, 0.3) is 0 Å². The van der Waals surface area contributed by atoms with Crippen molar-refractivity contribution in [3.05, 3.63) is 23.9 Å². The minimum atomic E-state index is 0.0858. The summed E-state index contributed by atoms with van der Waals surface area (Å²) >= 11 is 0. The van der Waals surface area contributed by atoms with Crippen LogP contribution in [0, 0.1) is 5.92 Å². The molecular formula is C14H23N3. The van der Waals surface area contributed by atoms with Gasteiger partial charge in [0.25, 0.3) is 0 Å². The number of rotatable bonds is 2. The number of hydrogen-bond acceptors (Lipinski definition) is 3. The van der Waals surface area contributed by atoms with Crippen LogP contribution in [0.1, 0.15) is 44.7 Å². The molecule has 2 atom stereocenters. The highest BCUT2D eigenvalue weighted by atomic mass is 15.2. The lowest BCUT2D eigenvalue weighted by Crippen LogP contribution is -2.25. The lowest BCUT2D eigenvalue weighted by molar-refractivity contribution is 0.521. The summed E-state index contributed by atoms with van der Waals surface area (Å²) < 4.78 is 0. The highest BCUT2D eigenvalue weighted by Gasteiger charge is 2.15. The highest BCUT2D eigenvalue weighted by Crippen LogP contribution is 2.22. The molecule has 3 nitrogen and oxygen atoms in total. The SMILES string of the molecule is CC1CCCN(c2cc(C(C)N)ccn2)CC1. The van der Waals surface area contributed by atoms with Crippen LogP contribution < -0.4 is 10.6 Å². The topological polar surface area (TPSA) is 42.1 Å². The molecule has 0 amide bonds. The van der Waals surface area contributed by atoms with Crippen molar-refractivity contribution in [2.24, 2.45) is 11.7 Å². The Hall–Kier alpha value is -1.09. The van der Waals surface area contributed by atoms with Crippen LogP contribution >= 0.6 is 0 Å². The number of hydrogen-bond donors (Lipinski definition) is 1. The average Bonchev–Trinajstić information content (AvgIpc) is 2.54. The Bertz CT molecular complexity index is 362. The van der Waals surface area contributed by atoms with Crippen molar-refractivity contribution in [2.45, 2.75) is 39.2 Å². The van der Waals surface area contributed by atoms with Gasteiger partial charge in [0.05, 0.1) is 0 Å². The number of anilines is 1. The van der Waals surface area contributed by atoms with E-state index in [2.05, 4.69) is 22.9 Å². The molecule has 3 heteroatoms. The Morgan fingerprint density at radius 3 is 3.00 bits per heavy atom. The van der Waals surface area contributed by atoms with Gasteiger partial charge in [-0.05, 0) is 49.8 Å². The molecule has 1 fully saturated rings. The van der Waals surface area contributed by atoms with Crippen LogP contribution in [-0.4, -0.2) is 18.1 Å². The third-order valence-electron chi connectivity index (χ3n) is 3.64. The fourth-order valence-electron chi connectivity index (χ4n) is 2.38. The fourth-order valence-corrected chi connectivity index (χ4v) is 2.38. The molecule has 0 radical (unpaired) electrons. The molecule has 1 aliphatic heterocycles. The van der Waals surface area contributed by atoms with E-state index in [0.29, 0.717) is 0 Å². The Morgan fingerprint density at radius 1 is 1.41 bits per heavy atom. The summed E-state index contributed by atoms with van der Waals surface area (Å²) in [7, 11) is 0. The van der Waals surface area contributed by atoms with Crippen molar-refractivity contribution in [3.63, 3.8) is 0 Å². The summed E-state index contributed by atoms with van der Waals surface area (Å²) in [5.41, 5.74) is 7.09. The molecule has 2 heterocycles. The molecule has 0 bridgehead atoms. The zero-order valence-corrected chi connectivity index (χ0v) is 10.9. The van der Waals surface area contributed by atoms with E-state index < -0.39 is 0 Å². The lowest BCUT2D eigenvalue weighted by atomic mass is 10.0. The van der Waals surface area contributed by atoms with E-state index in [-0.39, 0.29) is 6.04 Å². The molecule has 2 rings (SSSR count). The van der Waals surface area contributed by atoms with E-state index in [9.17, 15) is 0 Å². The summed E-state index contributed by atoms with van der Waals surface area (Å²) in [5, 5.41) is 0. The molecule has 2 unspecified atom stereocenters. The van der Waals surface area contributed by atoms with Crippen LogP contribution in [0.5, 0.6) is 0 Å². The average molecular weight is 233 g/mol. The zero-order chi connectivity index (χ0) is 12.3. The Labute approximate surface area is 104 Å². The number of aromatic nitrogens is 1. The number of nitrogens with two attached hydrogens (primary N) is 1. The predicted octanol–water partition coefficient (Wildman–Crippen LogP) is 2.73. The maximum absolute atomic E-state index is 5.92. The maximum atomic E-state index is 5.92. The first-order valence-corrected chi connectivity index (χ1v) is 6.63.